The average molecular weight is 524 g/mol. The van der Waals surface area contributed by atoms with Crippen LogP contribution < -0.4 is 5.76 Å². The molecule has 2 unspecified atom stereocenters. The molecule has 0 amide bonds. The molecule has 4 aromatic rings. The standard InChI is InChI=1S/C25H18ClF4NO5/c1-12(16-6-3-14(10-18(16)26)13-4-7-19(27)17(9-13)22(32)33)24(35,25(28,29)30)15-5-8-21-20(11-15)31(2)23(34)36-21/h3-12,35H,1-2H3,(H,32,33). The van der Waals surface area contributed by atoms with E-state index in [2.05, 4.69) is 0 Å². The largest absolute Gasteiger partial charge is 0.478 e. The Bertz CT molecular complexity index is 1560. The molecule has 0 saturated heterocycles. The monoisotopic (exact) mass is 523 g/mol. The molecule has 6 nitrogen and oxygen atoms in total. The van der Waals surface area contributed by atoms with Gasteiger partial charge in [-0.25, -0.2) is 14.0 Å². The van der Waals surface area contributed by atoms with E-state index in [0.717, 1.165) is 35.8 Å². The van der Waals surface area contributed by atoms with Gasteiger partial charge in [0.05, 0.1) is 11.1 Å². The fraction of sp³-hybridized carbons (Fsp3) is 0.200. The van der Waals surface area contributed by atoms with Crippen LogP contribution in [0.4, 0.5) is 17.6 Å². The lowest BCUT2D eigenvalue weighted by Crippen LogP contribution is -2.46. The van der Waals surface area contributed by atoms with Gasteiger partial charge < -0.3 is 14.6 Å². The number of carbonyl (C=O) groups is 1. The molecule has 0 saturated carbocycles. The maximum atomic E-state index is 14.4. The van der Waals surface area contributed by atoms with Gasteiger partial charge in [0, 0.05) is 18.0 Å². The molecule has 36 heavy (non-hydrogen) atoms. The van der Waals surface area contributed by atoms with E-state index in [1.54, 1.807) is 0 Å². The van der Waals surface area contributed by atoms with Crippen molar-refractivity contribution >= 4 is 28.7 Å². The van der Waals surface area contributed by atoms with Crippen LogP contribution in [0.2, 0.25) is 5.02 Å². The molecule has 0 spiro atoms. The van der Waals surface area contributed by atoms with Gasteiger partial charge in [-0.3, -0.25) is 4.57 Å². The summed E-state index contributed by atoms with van der Waals surface area (Å²) in [7, 11) is 1.33. The smallest absolute Gasteiger partial charge is 0.422 e. The number of nitrogens with zero attached hydrogens (tertiary/aromatic N) is 1. The highest BCUT2D eigenvalue weighted by Crippen LogP contribution is 2.50. The third-order valence-corrected chi connectivity index (χ3v) is 6.61. The van der Waals surface area contributed by atoms with Crippen molar-refractivity contribution in [3.63, 3.8) is 0 Å². The topological polar surface area (TPSA) is 92.7 Å². The molecule has 1 heterocycles. The first kappa shape index (κ1) is 25.5. The molecule has 0 radical (unpaired) electrons. The summed E-state index contributed by atoms with van der Waals surface area (Å²) in [4.78, 5) is 23.0. The van der Waals surface area contributed by atoms with Crippen molar-refractivity contribution in [2.75, 3.05) is 0 Å². The van der Waals surface area contributed by atoms with Crippen LogP contribution >= 0.6 is 11.6 Å². The van der Waals surface area contributed by atoms with Gasteiger partial charge in [-0.1, -0.05) is 42.8 Å². The third kappa shape index (κ3) is 4.06. The number of halogens is 5. The maximum Gasteiger partial charge on any atom is 0.422 e. The minimum Gasteiger partial charge on any atom is -0.478 e. The van der Waals surface area contributed by atoms with Crippen molar-refractivity contribution in [3.8, 4) is 11.1 Å². The Kier molecular flexibility index (Phi) is 6.22. The summed E-state index contributed by atoms with van der Waals surface area (Å²) in [6.45, 7) is 1.16. The first-order chi connectivity index (χ1) is 16.8. The average Bonchev–Trinajstić information content (AvgIpc) is 3.10. The van der Waals surface area contributed by atoms with Gasteiger partial charge in [-0.05, 0) is 52.6 Å². The number of carboxylic acid groups (broad SMARTS) is 1. The van der Waals surface area contributed by atoms with Crippen LogP contribution in [0.5, 0.6) is 0 Å². The van der Waals surface area contributed by atoms with Gasteiger partial charge in [-0.2, -0.15) is 13.2 Å². The lowest BCUT2D eigenvalue weighted by atomic mass is 9.77. The van der Waals surface area contributed by atoms with Crippen molar-refractivity contribution in [1.82, 2.24) is 4.57 Å². The molecule has 2 atom stereocenters. The number of carboxylic acids is 1. The molecule has 4 rings (SSSR count). The number of benzene rings is 3. The van der Waals surface area contributed by atoms with Crippen molar-refractivity contribution < 1.29 is 37.0 Å². The number of aryl methyl sites for hydroxylation is 1. The number of hydrogen-bond donors (Lipinski definition) is 2. The van der Waals surface area contributed by atoms with Gasteiger partial charge in [0.1, 0.15) is 5.82 Å². The Morgan fingerprint density at radius 3 is 2.31 bits per heavy atom. The van der Waals surface area contributed by atoms with E-state index in [0.29, 0.717) is 5.56 Å². The van der Waals surface area contributed by atoms with Crippen molar-refractivity contribution in [3.05, 3.63) is 92.7 Å². The van der Waals surface area contributed by atoms with E-state index in [1.165, 1.54) is 37.4 Å². The maximum absolute atomic E-state index is 14.4. The van der Waals surface area contributed by atoms with Gasteiger partial charge in [0.15, 0.2) is 11.2 Å². The number of aliphatic hydroxyl groups is 1. The van der Waals surface area contributed by atoms with E-state index in [4.69, 9.17) is 21.1 Å². The third-order valence-electron chi connectivity index (χ3n) is 6.29. The Morgan fingerprint density at radius 2 is 1.69 bits per heavy atom. The molecule has 0 fully saturated rings. The normalized spacial score (nSPS) is 14.6. The van der Waals surface area contributed by atoms with E-state index in [-0.39, 0.29) is 27.2 Å². The summed E-state index contributed by atoms with van der Waals surface area (Å²) < 4.78 is 62.9. The van der Waals surface area contributed by atoms with Gasteiger partial charge >= 0.3 is 17.9 Å². The second kappa shape index (κ2) is 8.79. The first-order valence-corrected chi connectivity index (χ1v) is 10.8. The van der Waals surface area contributed by atoms with Crippen molar-refractivity contribution in [2.24, 2.45) is 7.05 Å². The molecular weight excluding hydrogens is 506 g/mol. The molecule has 0 aliphatic carbocycles. The van der Waals surface area contributed by atoms with Gasteiger partial charge in [0.2, 0.25) is 0 Å². The van der Waals surface area contributed by atoms with Crippen LogP contribution in [0.1, 0.15) is 34.3 Å². The van der Waals surface area contributed by atoms with Crippen LogP contribution in [0, 0.1) is 5.82 Å². The number of hydrogen-bond acceptors (Lipinski definition) is 4. The van der Waals surface area contributed by atoms with Crippen LogP contribution in [-0.4, -0.2) is 26.9 Å². The molecule has 188 valence electrons. The summed E-state index contributed by atoms with van der Waals surface area (Å²) >= 11 is 6.35. The SMILES string of the molecule is CC(c1ccc(-c2ccc(F)c(C(=O)O)c2)cc1Cl)C(O)(c1ccc2oc(=O)n(C)c2c1)C(F)(F)F. The van der Waals surface area contributed by atoms with E-state index >= 15 is 0 Å². The van der Waals surface area contributed by atoms with E-state index in [1.807, 2.05) is 0 Å². The van der Waals surface area contributed by atoms with Crippen molar-refractivity contribution in [2.45, 2.75) is 24.6 Å². The first-order valence-electron chi connectivity index (χ1n) is 10.5. The Morgan fingerprint density at radius 1 is 1.06 bits per heavy atom. The van der Waals surface area contributed by atoms with Crippen LogP contribution in [-0.2, 0) is 12.6 Å². The molecule has 0 bridgehead atoms. The number of rotatable bonds is 5. The zero-order chi connectivity index (χ0) is 26.6. The zero-order valence-electron chi connectivity index (χ0n) is 18.7. The quantitative estimate of drug-likeness (QED) is 0.320. The molecule has 1 aromatic heterocycles. The van der Waals surface area contributed by atoms with Crippen LogP contribution in [0.3, 0.4) is 0 Å². The summed E-state index contributed by atoms with van der Waals surface area (Å²) in [5, 5.41) is 20.1. The summed E-state index contributed by atoms with van der Waals surface area (Å²) in [6, 6.07) is 10.6. The number of alkyl halides is 3. The van der Waals surface area contributed by atoms with Gasteiger partial charge in [0.25, 0.3) is 0 Å². The number of aromatic carboxylic acids is 1. The summed E-state index contributed by atoms with van der Waals surface area (Å²) in [5.74, 6) is -4.79. The van der Waals surface area contributed by atoms with E-state index < -0.39 is 46.4 Å². The molecule has 0 aliphatic heterocycles. The molecule has 2 N–H and O–H groups in total. The number of aromatic nitrogens is 1. The summed E-state index contributed by atoms with van der Waals surface area (Å²) in [5.41, 5.74) is -3.78. The fourth-order valence-corrected chi connectivity index (χ4v) is 4.52. The fourth-order valence-electron chi connectivity index (χ4n) is 4.17. The minimum atomic E-state index is -5.14. The Labute approximate surface area is 206 Å². The molecular formula is C25H18ClF4NO5. The predicted octanol–water partition coefficient (Wildman–Crippen LogP) is 5.84. The lowest BCUT2D eigenvalue weighted by Gasteiger charge is -2.37. The zero-order valence-corrected chi connectivity index (χ0v) is 19.5. The highest BCUT2D eigenvalue weighted by atomic mass is 35.5. The molecule has 0 aliphatic rings. The van der Waals surface area contributed by atoms with Crippen LogP contribution in [0.25, 0.3) is 22.2 Å². The summed E-state index contributed by atoms with van der Waals surface area (Å²) in [6.07, 6.45) is -5.14. The number of fused-ring (bicyclic) bond motifs is 1. The highest BCUT2D eigenvalue weighted by Gasteiger charge is 2.59. The Balaban J connectivity index is 1.81. The van der Waals surface area contributed by atoms with E-state index in [9.17, 15) is 32.3 Å². The van der Waals surface area contributed by atoms with Gasteiger partial charge in [-0.15, -0.1) is 0 Å². The Hall–Kier alpha value is -3.63. The van der Waals surface area contributed by atoms with Crippen LogP contribution in [0.15, 0.2) is 63.8 Å². The lowest BCUT2D eigenvalue weighted by molar-refractivity contribution is -0.274. The predicted molar refractivity (Wildman–Crippen MR) is 124 cm³/mol. The minimum absolute atomic E-state index is 0.0398. The second-order valence-electron chi connectivity index (χ2n) is 8.33. The van der Waals surface area contributed by atoms with Crippen molar-refractivity contribution in [1.29, 1.82) is 0 Å². The second-order valence-corrected chi connectivity index (χ2v) is 8.74. The molecule has 3 aromatic carbocycles. The highest BCUT2D eigenvalue weighted by molar-refractivity contribution is 6.31. The number of oxazole rings is 1. The molecule has 11 heteroatoms.